The van der Waals surface area contributed by atoms with Crippen molar-refractivity contribution in [1.29, 1.82) is 5.26 Å². The van der Waals surface area contributed by atoms with Crippen molar-refractivity contribution in [1.82, 2.24) is 5.32 Å². The maximum atomic E-state index is 9.22. The quantitative estimate of drug-likeness (QED) is 0.681. The number of nitrogens with zero attached hydrogens (tertiary/aromatic N) is 1. The zero-order chi connectivity index (χ0) is 11.1. The summed E-state index contributed by atoms with van der Waals surface area (Å²) in [5.74, 6) is 0.811. The molecular weight excluding hydrogens is 188 g/mol. The molecule has 0 aromatic heterocycles. The van der Waals surface area contributed by atoms with E-state index >= 15 is 0 Å². The van der Waals surface area contributed by atoms with Crippen LogP contribution in [0.1, 0.15) is 45.4 Å². The van der Waals surface area contributed by atoms with Gasteiger partial charge in [-0.05, 0) is 44.6 Å². The van der Waals surface area contributed by atoms with E-state index in [0.29, 0.717) is 0 Å². The van der Waals surface area contributed by atoms with Gasteiger partial charge in [-0.25, -0.2) is 0 Å². The molecule has 1 aliphatic carbocycles. The summed E-state index contributed by atoms with van der Waals surface area (Å²) in [6.45, 7) is 3.18. The lowest BCUT2D eigenvalue weighted by Crippen LogP contribution is -2.47. The standard InChI is InChI=1S/C12H22N2O/c1-2-11-4-6-12(10-13,7-5-11)14-8-3-9-15/h11,14-15H,2-9H2,1H3. The number of hydrogen-bond acceptors (Lipinski definition) is 3. The lowest BCUT2D eigenvalue weighted by molar-refractivity contribution is 0.223. The topological polar surface area (TPSA) is 56.0 Å². The second-order valence-electron chi connectivity index (χ2n) is 4.55. The monoisotopic (exact) mass is 210 g/mol. The molecule has 0 aromatic carbocycles. The molecule has 86 valence electrons. The van der Waals surface area contributed by atoms with Gasteiger partial charge in [0.1, 0.15) is 5.54 Å². The Balaban J connectivity index is 2.39. The van der Waals surface area contributed by atoms with Crippen LogP contribution >= 0.6 is 0 Å². The predicted octanol–water partition coefficient (Wildman–Crippen LogP) is 1.82. The fourth-order valence-corrected chi connectivity index (χ4v) is 2.31. The minimum atomic E-state index is -0.305. The second kappa shape index (κ2) is 6.09. The average Bonchev–Trinajstić information content (AvgIpc) is 2.30. The number of hydrogen-bond donors (Lipinski definition) is 2. The average molecular weight is 210 g/mol. The molecule has 3 heteroatoms. The highest BCUT2D eigenvalue weighted by Crippen LogP contribution is 2.33. The molecule has 3 nitrogen and oxygen atoms in total. The highest BCUT2D eigenvalue weighted by atomic mass is 16.3. The van der Waals surface area contributed by atoms with E-state index in [1.165, 1.54) is 6.42 Å². The van der Waals surface area contributed by atoms with E-state index in [4.69, 9.17) is 5.11 Å². The summed E-state index contributed by atoms with van der Waals surface area (Å²) >= 11 is 0. The Bertz CT molecular complexity index is 209. The number of aliphatic hydroxyl groups excluding tert-OH is 1. The molecular formula is C12H22N2O. The Kier molecular flexibility index (Phi) is 5.07. The summed E-state index contributed by atoms with van der Waals surface area (Å²) in [6, 6.07) is 2.43. The largest absolute Gasteiger partial charge is 0.396 e. The van der Waals surface area contributed by atoms with Crippen molar-refractivity contribution in [3.63, 3.8) is 0 Å². The molecule has 0 heterocycles. The van der Waals surface area contributed by atoms with Crippen LogP contribution in [0.3, 0.4) is 0 Å². The molecule has 0 spiro atoms. The Hall–Kier alpha value is -0.590. The third kappa shape index (κ3) is 3.48. The Labute approximate surface area is 92.5 Å². The molecule has 0 saturated heterocycles. The fraction of sp³-hybridized carbons (Fsp3) is 0.917. The van der Waals surface area contributed by atoms with Gasteiger partial charge in [0.25, 0.3) is 0 Å². The Morgan fingerprint density at radius 1 is 1.47 bits per heavy atom. The number of rotatable bonds is 5. The van der Waals surface area contributed by atoms with Crippen LogP contribution in [-0.4, -0.2) is 23.8 Å². The molecule has 0 aliphatic heterocycles. The molecule has 0 unspecified atom stereocenters. The molecule has 1 rings (SSSR count). The molecule has 0 atom stereocenters. The van der Waals surface area contributed by atoms with Crippen LogP contribution in [0.5, 0.6) is 0 Å². The van der Waals surface area contributed by atoms with Crippen molar-refractivity contribution < 1.29 is 5.11 Å². The molecule has 0 amide bonds. The summed E-state index contributed by atoms with van der Waals surface area (Å²) in [7, 11) is 0. The van der Waals surface area contributed by atoms with Gasteiger partial charge in [-0.15, -0.1) is 0 Å². The van der Waals surface area contributed by atoms with E-state index in [2.05, 4.69) is 18.3 Å². The van der Waals surface area contributed by atoms with E-state index in [1.54, 1.807) is 0 Å². The lowest BCUT2D eigenvalue weighted by Gasteiger charge is -2.35. The molecule has 1 aliphatic rings. The van der Waals surface area contributed by atoms with Crippen LogP contribution in [0.25, 0.3) is 0 Å². The van der Waals surface area contributed by atoms with E-state index < -0.39 is 0 Å². The minimum Gasteiger partial charge on any atom is -0.396 e. The van der Waals surface area contributed by atoms with Crippen molar-refractivity contribution in [2.24, 2.45) is 5.92 Å². The molecule has 15 heavy (non-hydrogen) atoms. The maximum Gasteiger partial charge on any atom is 0.106 e. The Morgan fingerprint density at radius 2 is 2.13 bits per heavy atom. The van der Waals surface area contributed by atoms with Gasteiger partial charge in [0, 0.05) is 6.61 Å². The lowest BCUT2D eigenvalue weighted by atomic mass is 9.76. The molecule has 0 aromatic rings. The summed E-state index contributed by atoms with van der Waals surface area (Å²) in [6.07, 6.45) is 6.23. The van der Waals surface area contributed by atoms with Crippen LogP contribution in [0.4, 0.5) is 0 Å². The van der Waals surface area contributed by atoms with Gasteiger partial charge in [-0.3, -0.25) is 5.32 Å². The van der Waals surface area contributed by atoms with Gasteiger partial charge in [-0.2, -0.15) is 5.26 Å². The first-order valence-electron chi connectivity index (χ1n) is 6.03. The van der Waals surface area contributed by atoms with Crippen LogP contribution in [0, 0.1) is 17.2 Å². The molecule has 1 saturated carbocycles. The smallest absolute Gasteiger partial charge is 0.106 e. The number of nitrogens with one attached hydrogen (secondary N) is 1. The number of aliphatic hydroxyl groups is 1. The normalized spacial score (nSPS) is 31.1. The van der Waals surface area contributed by atoms with Gasteiger partial charge in [0.15, 0.2) is 0 Å². The first-order valence-corrected chi connectivity index (χ1v) is 6.03. The molecule has 0 bridgehead atoms. The highest BCUT2D eigenvalue weighted by Gasteiger charge is 2.34. The maximum absolute atomic E-state index is 9.22. The van der Waals surface area contributed by atoms with Crippen molar-refractivity contribution in [2.75, 3.05) is 13.2 Å². The van der Waals surface area contributed by atoms with Gasteiger partial charge in [0.2, 0.25) is 0 Å². The SMILES string of the molecule is CCC1CCC(C#N)(NCCCO)CC1. The van der Waals surface area contributed by atoms with E-state index in [0.717, 1.165) is 44.6 Å². The minimum absolute atomic E-state index is 0.200. The Morgan fingerprint density at radius 3 is 2.60 bits per heavy atom. The van der Waals surface area contributed by atoms with Crippen molar-refractivity contribution >= 4 is 0 Å². The third-order valence-corrected chi connectivity index (χ3v) is 3.55. The van der Waals surface area contributed by atoms with E-state index in [-0.39, 0.29) is 12.1 Å². The van der Waals surface area contributed by atoms with Crippen LogP contribution in [-0.2, 0) is 0 Å². The van der Waals surface area contributed by atoms with Crippen molar-refractivity contribution in [3.05, 3.63) is 0 Å². The van der Waals surface area contributed by atoms with E-state index in [9.17, 15) is 5.26 Å². The highest BCUT2D eigenvalue weighted by molar-refractivity contribution is 5.09. The summed E-state index contributed by atoms with van der Waals surface area (Å²) in [5, 5.41) is 21.2. The fourth-order valence-electron chi connectivity index (χ4n) is 2.31. The number of nitriles is 1. The van der Waals surface area contributed by atoms with Crippen LogP contribution in [0.15, 0.2) is 0 Å². The van der Waals surface area contributed by atoms with Crippen LogP contribution in [0.2, 0.25) is 0 Å². The van der Waals surface area contributed by atoms with Crippen molar-refractivity contribution in [3.8, 4) is 6.07 Å². The van der Waals surface area contributed by atoms with E-state index in [1.807, 2.05) is 0 Å². The first kappa shape index (κ1) is 12.5. The third-order valence-electron chi connectivity index (χ3n) is 3.55. The van der Waals surface area contributed by atoms with Crippen molar-refractivity contribution in [2.45, 2.75) is 51.0 Å². The molecule has 2 N–H and O–H groups in total. The predicted molar refractivity (Wildman–Crippen MR) is 60.3 cm³/mol. The van der Waals surface area contributed by atoms with Gasteiger partial charge in [-0.1, -0.05) is 13.3 Å². The second-order valence-corrected chi connectivity index (χ2v) is 4.55. The molecule has 1 fully saturated rings. The summed E-state index contributed by atoms with van der Waals surface area (Å²) in [4.78, 5) is 0. The zero-order valence-electron chi connectivity index (χ0n) is 9.63. The van der Waals surface area contributed by atoms with Gasteiger partial charge in [0.05, 0.1) is 6.07 Å². The van der Waals surface area contributed by atoms with Gasteiger partial charge < -0.3 is 5.11 Å². The van der Waals surface area contributed by atoms with Gasteiger partial charge >= 0.3 is 0 Å². The summed E-state index contributed by atoms with van der Waals surface area (Å²) < 4.78 is 0. The van der Waals surface area contributed by atoms with Crippen LogP contribution < -0.4 is 5.32 Å². The zero-order valence-corrected chi connectivity index (χ0v) is 9.63. The first-order chi connectivity index (χ1) is 7.26. The molecule has 0 radical (unpaired) electrons. The summed E-state index contributed by atoms with van der Waals surface area (Å²) in [5.41, 5.74) is -0.305.